The molecule has 5 heteroatoms. The van der Waals surface area contributed by atoms with E-state index in [-0.39, 0.29) is 17.9 Å². The van der Waals surface area contributed by atoms with E-state index in [1.807, 2.05) is 24.0 Å². The van der Waals surface area contributed by atoms with Crippen LogP contribution in [0, 0.1) is 0 Å². The Bertz CT molecular complexity index is 384. The van der Waals surface area contributed by atoms with Gasteiger partial charge in [-0.1, -0.05) is 0 Å². The molecule has 1 N–H and O–H groups in total. The number of carbonyl (C=O) groups is 2. The highest BCUT2D eigenvalue weighted by Crippen LogP contribution is 2.11. The molecule has 2 amide bonds. The number of nitrogens with one attached hydrogen (secondary N) is 1. The van der Waals surface area contributed by atoms with Crippen LogP contribution in [-0.4, -0.2) is 35.8 Å². The van der Waals surface area contributed by atoms with Crippen LogP contribution in [0.4, 0.5) is 0 Å². The summed E-state index contributed by atoms with van der Waals surface area (Å²) in [6.07, 6.45) is 3.34. The van der Waals surface area contributed by atoms with E-state index in [1.54, 1.807) is 6.26 Å². The zero-order valence-electron chi connectivity index (χ0n) is 9.81. The molecule has 1 aliphatic heterocycles. The van der Waals surface area contributed by atoms with Gasteiger partial charge in [0.15, 0.2) is 0 Å². The van der Waals surface area contributed by atoms with E-state index >= 15 is 0 Å². The molecule has 2 rings (SSSR count). The van der Waals surface area contributed by atoms with Crippen LogP contribution < -0.4 is 5.32 Å². The molecule has 0 spiro atoms. The number of piperazine rings is 1. The van der Waals surface area contributed by atoms with E-state index in [2.05, 4.69) is 5.32 Å². The average Bonchev–Trinajstić information content (AvgIpc) is 2.77. The van der Waals surface area contributed by atoms with Crippen molar-refractivity contribution in [1.29, 1.82) is 0 Å². The van der Waals surface area contributed by atoms with E-state index in [4.69, 9.17) is 4.42 Å². The molecule has 1 aromatic heterocycles. The van der Waals surface area contributed by atoms with Crippen molar-refractivity contribution in [3.63, 3.8) is 0 Å². The van der Waals surface area contributed by atoms with E-state index < -0.39 is 0 Å². The van der Waals surface area contributed by atoms with E-state index in [9.17, 15) is 9.59 Å². The molecule has 1 fully saturated rings. The molecular weight excluding hydrogens is 220 g/mol. The standard InChI is InChI=1S/C12H16N2O3/c1-9(4-5-10-3-2-6-17-10)14-7-11(15)13-12(16)8-14/h2-3,6,9H,4-5,7-8H2,1H3,(H,13,15,16). The Balaban J connectivity index is 1.84. The molecule has 1 aromatic rings. The summed E-state index contributed by atoms with van der Waals surface area (Å²) in [6, 6.07) is 3.98. The van der Waals surface area contributed by atoms with Crippen LogP contribution >= 0.6 is 0 Å². The zero-order chi connectivity index (χ0) is 12.3. The Kier molecular flexibility index (Phi) is 3.58. The number of aryl methyl sites for hydroxylation is 1. The first-order valence-electron chi connectivity index (χ1n) is 5.74. The Labute approximate surface area is 99.8 Å². The summed E-state index contributed by atoms with van der Waals surface area (Å²) in [5, 5.41) is 2.30. The highest BCUT2D eigenvalue weighted by Gasteiger charge is 2.25. The van der Waals surface area contributed by atoms with Crippen molar-refractivity contribution in [2.24, 2.45) is 0 Å². The van der Waals surface area contributed by atoms with Crippen molar-refractivity contribution in [2.45, 2.75) is 25.8 Å². The molecule has 5 nitrogen and oxygen atoms in total. The normalized spacial score (nSPS) is 19.1. The summed E-state index contributed by atoms with van der Waals surface area (Å²) in [5.41, 5.74) is 0. The van der Waals surface area contributed by atoms with E-state index in [0.29, 0.717) is 13.1 Å². The monoisotopic (exact) mass is 236 g/mol. The summed E-state index contributed by atoms with van der Waals surface area (Å²) >= 11 is 0. The highest BCUT2D eigenvalue weighted by atomic mass is 16.3. The maximum atomic E-state index is 11.2. The molecular formula is C12H16N2O3. The molecule has 1 aliphatic rings. The molecule has 1 unspecified atom stereocenters. The summed E-state index contributed by atoms with van der Waals surface area (Å²) in [6.45, 7) is 2.62. The SMILES string of the molecule is CC(CCc1ccco1)N1CC(=O)NC(=O)C1. The molecule has 0 radical (unpaired) electrons. The van der Waals surface area contributed by atoms with Gasteiger partial charge in [0.1, 0.15) is 5.76 Å². The second-order valence-electron chi connectivity index (χ2n) is 4.34. The molecule has 1 saturated heterocycles. The number of hydrogen-bond donors (Lipinski definition) is 1. The number of rotatable bonds is 4. The lowest BCUT2D eigenvalue weighted by molar-refractivity contribution is -0.137. The number of amides is 2. The molecule has 0 saturated carbocycles. The lowest BCUT2D eigenvalue weighted by Crippen LogP contribution is -2.54. The molecule has 2 heterocycles. The van der Waals surface area contributed by atoms with Crippen molar-refractivity contribution < 1.29 is 14.0 Å². The zero-order valence-corrected chi connectivity index (χ0v) is 9.81. The maximum absolute atomic E-state index is 11.2. The van der Waals surface area contributed by atoms with Crippen molar-refractivity contribution >= 4 is 11.8 Å². The van der Waals surface area contributed by atoms with E-state index in [0.717, 1.165) is 18.6 Å². The first kappa shape index (κ1) is 11.9. The van der Waals surface area contributed by atoms with Crippen LogP contribution in [0.25, 0.3) is 0 Å². The fourth-order valence-corrected chi connectivity index (χ4v) is 1.96. The summed E-state index contributed by atoms with van der Waals surface area (Å²) in [4.78, 5) is 24.4. The van der Waals surface area contributed by atoms with Gasteiger partial charge in [0, 0.05) is 12.5 Å². The van der Waals surface area contributed by atoms with Crippen LogP contribution in [-0.2, 0) is 16.0 Å². The van der Waals surface area contributed by atoms with Gasteiger partial charge in [-0.3, -0.25) is 19.8 Å². The van der Waals surface area contributed by atoms with Crippen molar-refractivity contribution in [3.05, 3.63) is 24.2 Å². The maximum Gasteiger partial charge on any atom is 0.240 e. The largest absolute Gasteiger partial charge is 0.469 e. The molecule has 0 aliphatic carbocycles. The smallest absolute Gasteiger partial charge is 0.240 e. The summed E-state index contributed by atoms with van der Waals surface area (Å²) in [5.74, 6) is 0.502. The van der Waals surface area contributed by atoms with Gasteiger partial charge in [0.2, 0.25) is 11.8 Å². The summed E-state index contributed by atoms with van der Waals surface area (Å²) in [7, 11) is 0. The Morgan fingerprint density at radius 3 is 2.71 bits per heavy atom. The third-order valence-electron chi connectivity index (χ3n) is 2.98. The number of carbonyl (C=O) groups excluding carboxylic acids is 2. The van der Waals surface area contributed by atoms with Gasteiger partial charge in [0.05, 0.1) is 19.4 Å². The van der Waals surface area contributed by atoms with Crippen LogP contribution in [0.5, 0.6) is 0 Å². The lowest BCUT2D eigenvalue weighted by Gasteiger charge is -2.30. The minimum atomic E-state index is -0.217. The lowest BCUT2D eigenvalue weighted by atomic mass is 10.1. The quantitative estimate of drug-likeness (QED) is 0.776. The first-order chi connectivity index (χ1) is 8.15. The molecule has 0 bridgehead atoms. The van der Waals surface area contributed by atoms with Gasteiger partial charge in [-0.15, -0.1) is 0 Å². The number of nitrogens with zero attached hydrogens (tertiary/aromatic N) is 1. The third-order valence-corrected chi connectivity index (χ3v) is 2.98. The topological polar surface area (TPSA) is 62.6 Å². The van der Waals surface area contributed by atoms with Crippen molar-refractivity contribution in [1.82, 2.24) is 10.2 Å². The van der Waals surface area contributed by atoms with Gasteiger partial charge in [-0.25, -0.2) is 0 Å². The molecule has 17 heavy (non-hydrogen) atoms. The number of imide groups is 1. The van der Waals surface area contributed by atoms with Gasteiger partial charge in [0.25, 0.3) is 0 Å². The van der Waals surface area contributed by atoms with Gasteiger partial charge in [-0.05, 0) is 25.5 Å². The molecule has 0 aromatic carbocycles. The molecule has 92 valence electrons. The second-order valence-corrected chi connectivity index (χ2v) is 4.34. The van der Waals surface area contributed by atoms with Crippen LogP contribution in [0.3, 0.4) is 0 Å². The predicted octanol–water partition coefficient (Wildman–Crippen LogP) is 0.559. The predicted molar refractivity (Wildman–Crippen MR) is 61.2 cm³/mol. The van der Waals surface area contributed by atoms with Gasteiger partial charge in [-0.2, -0.15) is 0 Å². The van der Waals surface area contributed by atoms with Crippen LogP contribution in [0.15, 0.2) is 22.8 Å². The third kappa shape index (κ3) is 3.17. The summed E-state index contributed by atoms with van der Waals surface area (Å²) < 4.78 is 5.25. The number of hydrogen-bond acceptors (Lipinski definition) is 4. The average molecular weight is 236 g/mol. The minimum Gasteiger partial charge on any atom is -0.469 e. The van der Waals surface area contributed by atoms with Crippen LogP contribution in [0.1, 0.15) is 19.1 Å². The fourth-order valence-electron chi connectivity index (χ4n) is 1.96. The Morgan fingerprint density at radius 1 is 1.41 bits per heavy atom. The number of furan rings is 1. The van der Waals surface area contributed by atoms with Gasteiger partial charge >= 0.3 is 0 Å². The second kappa shape index (κ2) is 5.14. The highest BCUT2D eigenvalue weighted by molar-refractivity contribution is 5.99. The van der Waals surface area contributed by atoms with Gasteiger partial charge < -0.3 is 4.42 Å². The van der Waals surface area contributed by atoms with Crippen LogP contribution in [0.2, 0.25) is 0 Å². The van der Waals surface area contributed by atoms with Crippen molar-refractivity contribution in [3.8, 4) is 0 Å². The van der Waals surface area contributed by atoms with E-state index in [1.165, 1.54) is 0 Å². The Hall–Kier alpha value is -1.62. The first-order valence-corrected chi connectivity index (χ1v) is 5.74. The van der Waals surface area contributed by atoms with Crippen molar-refractivity contribution in [2.75, 3.05) is 13.1 Å². The Morgan fingerprint density at radius 2 is 2.12 bits per heavy atom. The minimum absolute atomic E-state index is 0.190. The molecule has 1 atom stereocenters. The fraction of sp³-hybridized carbons (Fsp3) is 0.500.